The molecule has 6 rings (SSSR count). The van der Waals surface area contributed by atoms with Crippen LogP contribution in [0, 0.1) is 28.4 Å². The monoisotopic (exact) mass is 810 g/mol. The zero-order valence-corrected chi connectivity index (χ0v) is 33.0. The van der Waals surface area contributed by atoms with Crippen LogP contribution in [-0.2, 0) is 35.1 Å². The van der Waals surface area contributed by atoms with Gasteiger partial charge in [0.05, 0.1) is 57.6 Å². The molecule has 15 nitrogen and oxygen atoms in total. The number of ether oxygens (including phenoxy) is 4. The Kier molecular flexibility index (Phi) is 14.2. The van der Waals surface area contributed by atoms with Crippen molar-refractivity contribution < 1.29 is 37.4 Å². The van der Waals surface area contributed by atoms with E-state index < -0.39 is 48.8 Å². The third-order valence-electron chi connectivity index (χ3n) is 9.64. The maximum Gasteiger partial charge on any atom is 0.333 e. The van der Waals surface area contributed by atoms with Crippen LogP contribution in [0.2, 0.25) is 0 Å². The summed E-state index contributed by atoms with van der Waals surface area (Å²) in [5.41, 5.74) is 1.15. The largest absolute Gasteiger partial charge is 0.497 e. The standard InChI is InChI=1S/C42H43N4O11P/c1-29-27-45(41(48)44-40(29)47)39-26-37(57-58(54-24-7-23-43)55-25-22-30-10-16-34(17-11-30)46(49)50)38(56-39)28-53-42(31-8-5-4-6-9-31,32-12-18-35(51-2)19-13-32)33-14-20-36(52-3)21-15-33/h4-6,8-21,27,37-39H,7,22,24-26,28H2,1-3H3,(H,44,47,48)/t37-,38+,39+,58?/m0/s1. The molecule has 1 unspecified atom stereocenters. The Morgan fingerprint density at radius 3 is 2.09 bits per heavy atom. The Bertz CT molecular complexity index is 2230. The third kappa shape index (κ3) is 9.86. The normalized spacial score (nSPS) is 17.0. The van der Waals surface area contributed by atoms with Gasteiger partial charge in [0.1, 0.15) is 29.4 Å². The second-order valence-electron chi connectivity index (χ2n) is 13.3. The SMILES string of the molecule is COc1ccc(C(OC[C@H]2O[C@@H](n3cc(C)c(=O)[nH]c3=O)C[C@@H]2OP(OCCC#N)OCCc2ccc([N+](=O)[O-])cc2)(c2ccccc2)c2ccc(OC)cc2)cc1. The number of nitrogens with zero attached hydrogens (tertiary/aromatic N) is 3. The van der Waals surface area contributed by atoms with E-state index in [2.05, 4.69) is 11.1 Å². The van der Waals surface area contributed by atoms with Crippen LogP contribution in [0.15, 0.2) is 119 Å². The van der Waals surface area contributed by atoms with E-state index in [0.29, 0.717) is 23.5 Å². The lowest BCUT2D eigenvalue weighted by Gasteiger charge is -2.37. The molecular weight excluding hydrogens is 767 g/mol. The van der Waals surface area contributed by atoms with E-state index >= 15 is 0 Å². The van der Waals surface area contributed by atoms with E-state index in [4.69, 9.17) is 32.5 Å². The first-order valence-electron chi connectivity index (χ1n) is 18.4. The molecule has 1 aliphatic heterocycles. The Morgan fingerprint density at radius 2 is 1.50 bits per heavy atom. The molecule has 1 aliphatic rings. The summed E-state index contributed by atoms with van der Waals surface area (Å²) < 4.78 is 44.6. The number of nitro benzene ring substituents is 1. The van der Waals surface area contributed by atoms with Crippen molar-refractivity contribution in [2.75, 3.05) is 34.0 Å². The maximum atomic E-state index is 13.1. The number of aromatic amines is 1. The van der Waals surface area contributed by atoms with E-state index in [1.807, 2.05) is 78.9 Å². The Labute approximate surface area is 335 Å². The van der Waals surface area contributed by atoms with Crippen LogP contribution >= 0.6 is 8.60 Å². The van der Waals surface area contributed by atoms with Gasteiger partial charge >= 0.3 is 14.3 Å². The lowest BCUT2D eigenvalue weighted by atomic mass is 9.80. The van der Waals surface area contributed by atoms with E-state index in [-0.39, 0.29) is 38.3 Å². The highest BCUT2D eigenvalue weighted by atomic mass is 31.2. The van der Waals surface area contributed by atoms with Crippen LogP contribution < -0.4 is 20.7 Å². The smallest absolute Gasteiger partial charge is 0.333 e. The molecule has 4 aromatic carbocycles. The van der Waals surface area contributed by atoms with Gasteiger partial charge in [-0.1, -0.05) is 66.7 Å². The zero-order valence-electron chi connectivity index (χ0n) is 32.1. The molecular formula is C42H43N4O11P. The summed E-state index contributed by atoms with van der Waals surface area (Å²) in [5, 5.41) is 20.4. The zero-order chi connectivity index (χ0) is 41.1. The lowest BCUT2D eigenvalue weighted by molar-refractivity contribution is -0.384. The number of nitriles is 1. The fraction of sp³-hybridized carbons (Fsp3) is 0.310. The van der Waals surface area contributed by atoms with Gasteiger partial charge in [0.15, 0.2) is 0 Å². The van der Waals surface area contributed by atoms with Crippen LogP contribution in [-0.4, -0.2) is 60.7 Å². The van der Waals surface area contributed by atoms with Gasteiger partial charge < -0.3 is 32.5 Å². The highest BCUT2D eigenvalue weighted by Crippen LogP contribution is 2.47. The molecule has 0 saturated carbocycles. The van der Waals surface area contributed by atoms with Crippen molar-refractivity contribution in [1.82, 2.24) is 9.55 Å². The molecule has 0 radical (unpaired) electrons. The number of non-ortho nitro benzene ring substituents is 1. The second-order valence-corrected chi connectivity index (χ2v) is 14.4. The number of nitro groups is 1. The van der Waals surface area contributed by atoms with Gasteiger partial charge in [0.2, 0.25) is 0 Å². The van der Waals surface area contributed by atoms with Gasteiger partial charge in [0, 0.05) is 30.3 Å². The first-order valence-corrected chi connectivity index (χ1v) is 19.5. The van der Waals surface area contributed by atoms with Gasteiger partial charge in [-0.3, -0.25) is 24.5 Å². The minimum atomic E-state index is -2.08. The van der Waals surface area contributed by atoms with Crippen molar-refractivity contribution in [3.8, 4) is 17.6 Å². The predicted molar refractivity (Wildman–Crippen MR) is 214 cm³/mol. The van der Waals surface area contributed by atoms with Gasteiger partial charge in [-0.05, 0) is 59.9 Å². The lowest BCUT2D eigenvalue weighted by Crippen LogP contribution is -2.38. The van der Waals surface area contributed by atoms with E-state index in [9.17, 15) is 25.0 Å². The molecule has 16 heteroatoms. The number of nitrogens with one attached hydrogen (secondary N) is 1. The minimum Gasteiger partial charge on any atom is -0.497 e. The van der Waals surface area contributed by atoms with E-state index in [0.717, 1.165) is 22.3 Å². The quantitative estimate of drug-likeness (QED) is 0.0301. The topological polar surface area (TPSA) is 186 Å². The average molecular weight is 811 g/mol. The van der Waals surface area contributed by atoms with Crippen LogP contribution in [0.4, 0.5) is 5.69 Å². The first kappa shape index (κ1) is 41.9. The summed E-state index contributed by atoms with van der Waals surface area (Å²) in [4.78, 5) is 38.4. The molecule has 0 spiro atoms. The van der Waals surface area contributed by atoms with Crippen molar-refractivity contribution in [3.63, 3.8) is 0 Å². The van der Waals surface area contributed by atoms with Crippen molar-refractivity contribution in [1.29, 1.82) is 5.26 Å². The number of methoxy groups -OCH3 is 2. The number of aryl methyl sites for hydroxylation is 1. The molecule has 302 valence electrons. The van der Waals surface area contributed by atoms with Crippen LogP contribution in [0.5, 0.6) is 11.5 Å². The van der Waals surface area contributed by atoms with Crippen molar-refractivity contribution in [2.24, 2.45) is 0 Å². The number of hydrogen-bond donors (Lipinski definition) is 1. The van der Waals surface area contributed by atoms with Gasteiger partial charge in [0.25, 0.3) is 11.2 Å². The summed E-state index contributed by atoms with van der Waals surface area (Å²) >= 11 is 0. The molecule has 4 atom stereocenters. The van der Waals surface area contributed by atoms with E-state index in [1.54, 1.807) is 33.3 Å². The Morgan fingerprint density at radius 1 is 0.897 bits per heavy atom. The Balaban J connectivity index is 1.34. The van der Waals surface area contributed by atoms with Gasteiger partial charge in [-0.25, -0.2) is 4.79 Å². The van der Waals surface area contributed by atoms with Crippen LogP contribution in [0.1, 0.15) is 46.9 Å². The number of hydrogen-bond acceptors (Lipinski definition) is 12. The summed E-state index contributed by atoms with van der Waals surface area (Å²) in [6, 6.07) is 33.1. The fourth-order valence-electron chi connectivity index (χ4n) is 6.61. The summed E-state index contributed by atoms with van der Waals surface area (Å²) in [5.74, 6) is 1.33. The number of rotatable bonds is 19. The van der Waals surface area contributed by atoms with Gasteiger partial charge in [-0.15, -0.1) is 0 Å². The molecule has 2 heterocycles. The number of H-pyrrole nitrogens is 1. The fourth-order valence-corrected chi connectivity index (χ4v) is 7.73. The first-order chi connectivity index (χ1) is 28.1. The highest BCUT2D eigenvalue weighted by Gasteiger charge is 2.44. The number of aromatic nitrogens is 2. The van der Waals surface area contributed by atoms with Gasteiger partial charge in [-0.2, -0.15) is 5.26 Å². The molecule has 0 bridgehead atoms. The molecule has 0 aliphatic carbocycles. The predicted octanol–water partition coefficient (Wildman–Crippen LogP) is 6.87. The molecule has 0 amide bonds. The Hall–Kier alpha value is -5.72. The molecule has 1 saturated heterocycles. The van der Waals surface area contributed by atoms with Crippen LogP contribution in [0.3, 0.4) is 0 Å². The molecule has 1 aromatic heterocycles. The summed E-state index contributed by atoms with van der Waals surface area (Å²) in [6.07, 6.45) is -0.376. The van der Waals surface area contributed by atoms with Crippen molar-refractivity contribution >= 4 is 14.3 Å². The minimum absolute atomic E-state index is 0.0220. The molecule has 58 heavy (non-hydrogen) atoms. The summed E-state index contributed by atoms with van der Waals surface area (Å²) in [7, 11) is 1.12. The highest BCUT2D eigenvalue weighted by molar-refractivity contribution is 7.41. The maximum absolute atomic E-state index is 13.1. The second kappa shape index (κ2) is 19.6. The molecule has 1 fully saturated rings. The third-order valence-corrected chi connectivity index (χ3v) is 10.9. The number of benzene rings is 4. The molecule has 1 N–H and O–H groups in total. The van der Waals surface area contributed by atoms with E-state index in [1.165, 1.54) is 22.9 Å². The molecule has 5 aromatic rings. The van der Waals surface area contributed by atoms with Crippen molar-refractivity contribution in [3.05, 3.63) is 168 Å². The average Bonchev–Trinajstić information content (AvgIpc) is 3.65. The van der Waals surface area contributed by atoms with Crippen molar-refractivity contribution in [2.45, 2.75) is 50.2 Å². The van der Waals surface area contributed by atoms with Crippen LogP contribution in [0.25, 0.3) is 0 Å². The summed E-state index contributed by atoms with van der Waals surface area (Å²) in [6.45, 7) is 1.70.